The van der Waals surface area contributed by atoms with Crippen LogP contribution in [-0.2, 0) is 27.6 Å². The Kier molecular flexibility index (Phi) is 6.94. The normalized spacial score (nSPS) is 16.1. The molecule has 0 saturated carbocycles. The fourth-order valence-electron chi connectivity index (χ4n) is 4.43. The van der Waals surface area contributed by atoms with Crippen LogP contribution < -0.4 is 9.46 Å². The first kappa shape index (κ1) is 23.6. The van der Waals surface area contributed by atoms with Crippen LogP contribution >= 0.6 is 11.3 Å². The van der Waals surface area contributed by atoms with Gasteiger partial charge in [0.25, 0.3) is 15.9 Å². The Morgan fingerprint density at radius 1 is 1.03 bits per heavy atom. The number of aryl methyl sites for hydroxylation is 1. The molecule has 0 radical (unpaired) electrons. The van der Waals surface area contributed by atoms with E-state index in [1.807, 2.05) is 0 Å². The molecule has 2 aliphatic rings. The number of nitrogens with one attached hydrogen (secondary N) is 1. The maximum Gasteiger partial charge on any atom is 0.341 e. The number of benzene rings is 1. The second-order valence-electron chi connectivity index (χ2n) is 8.23. The van der Waals surface area contributed by atoms with Crippen molar-refractivity contribution in [3.63, 3.8) is 0 Å². The summed E-state index contributed by atoms with van der Waals surface area (Å²) in [5.41, 5.74) is 1.37. The zero-order valence-electron chi connectivity index (χ0n) is 18.8. The molecule has 8 nitrogen and oxygen atoms in total. The van der Waals surface area contributed by atoms with Crippen LogP contribution in [-0.4, -0.2) is 52.5 Å². The van der Waals surface area contributed by atoms with Crippen molar-refractivity contribution in [2.24, 2.45) is 0 Å². The molecule has 1 N–H and O–H groups in total. The molecule has 4 rings (SSSR count). The summed E-state index contributed by atoms with van der Waals surface area (Å²) in [5, 5.41) is 0.258. The molecule has 2 aromatic rings. The first-order valence-electron chi connectivity index (χ1n) is 11.1. The van der Waals surface area contributed by atoms with Gasteiger partial charge in [0.05, 0.1) is 30.2 Å². The van der Waals surface area contributed by atoms with Crippen LogP contribution in [0.4, 0.5) is 5.00 Å². The molecule has 0 bridgehead atoms. The Labute approximate surface area is 197 Å². The minimum absolute atomic E-state index is 0.0640. The van der Waals surface area contributed by atoms with Crippen molar-refractivity contribution in [1.82, 2.24) is 4.90 Å². The molecule has 178 valence electrons. The van der Waals surface area contributed by atoms with E-state index < -0.39 is 16.0 Å². The van der Waals surface area contributed by atoms with E-state index in [-0.39, 0.29) is 21.4 Å². The maximum absolute atomic E-state index is 13.3. The number of ether oxygens (including phenoxy) is 2. The fourth-order valence-corrected chi connectivity index (χ4v) is 7.03. The zero-order valence-corrected chi connectivity index (χ0v) is 20.4. The fraction of sp³-hybridized carbons (Fsp3) is 0.478. The number of carbonyl (C=O) groups excluding carboxylic acids is 2. The van der Waals surface area contributed by atoms with Gasteiger partial charge in [0, 0.05) is 18.0 Å². The first-order valence-corrected chi connectivity index (χ1v) is 13.4. The minimum Gasteiger partial charge on any atom is -0.496 e. The van der Waals surface area contributed by atoms with Gasteiger partial charge in [-0.2, -0.15) is 0 Å². The molecule has 1 fully saturated rings. The molecule has 0 unspecified atom stereocenters. The number of sulfonamides is 1. The predicted molar refractivity (Wildman–Crippen MR) is 126 cm³/mol. The number of rotatable bonds is 6. The van der Waals surface area contributed by atoms with Crippen LogP contribution in [0, 0.1) is 0 Å². The topological polar surface area (TPSA) is 102 Å². The number of esters is 1. The quantitative estimate of drug-likeness (QED) is 0.615. The monoisotopic (exact) mass is 492 g/mol. The third-order valence-electron chi connectivity index (χ3n) is 6.14. The molecule has 10 heteroatoms. The number of fused-ring (bicyclic) bond motifs is 1. The molecule has 1 amide bonds. The lowest BCUT2D eigenvalue weighted by molar-refractivity contribution is 0.0600. The number of anilines is 1. The Morgan fingerprint density at radius 3 is 2.45 bits per heavy atom. The summed E-state index contributed by atoms with van der Waals surface area (Å²) in [6, 6.07) is 4.25. The van der Waals surface area contributed by atoms with Crippen molar-refractivity contribution < 1.29 is 27.5 Å². The number of carbonyl (C=O) groups is 2. The van der Waals surface area contributed by atoms with Crippen molar-refractivity contribution in [3.8, 4) is 5.75 Å². The van der Waals surface area contributed by atoms with Crippen molar-refractivity contribution in [3.05, 3.63) is 39.8 Å². The highest BCUT2D eigenvalue weighted by Gasteiger charge is 2.30. The first-order chi connectivity index (χ1) is 15.9. The van der Waals surface area contributed by atoms with Crippen LogP contribution in [0.1, 0.15) is 63.3 Å². The van der Waals surface area contributed by atoms with Gasteiger partial charge in [-0.1, -0.05) is 0 Å². The van der Waals surface area contributed by atoms with Gasteiger partial charge in [0.2, 0.25) is 0 Å². The van der Waals surface area contributed by atoms with Gasteiger partial charge in [-0.15, -0.1) is 11.3 Å². The second-order valence-corrected chi connectivity index (χ2v) is 11.0. The smallest absolute Gasteiger partial charge is 0.341 e. The molecule has 0 spiro atoms. The largest absolute Gasteiger partial charge is 0.496 e. The molecule has 1 aromatic carbocycles. The summed E-state index contributed by atoms with van der Waals surface area (Å²) < 4.78 is 39.5. The van der Waals surface area contributed by atoms with Gasteiger partial charge >= 0.3 is 5.97 Å². The van der Waals surface area contributed by atoms with Gasteiger partial charge < -0.3 is 14.4 Å². The molecular formula is C23H28N2O6S2. The van der Waals surface area contributed by atoms with Gasteiger partial charge in [-0.3, -0.25) is 9.52 Å². The number of hydrogen-bond donors (Lipinski definition) is 1. The SMILES string of the molecule is COC(=O)c1c(NS(=O)(=O)c2ccc(OC)c(C(=O)N3CCCCC3)c2)sc2c1CCCC2. The van der Waals surface area contributed by atoms with Crippen molar-refractivity contribution in [2.75, 3.05) is 32.0 Å². The average molecular weight is 493 g/mol. The zero-order chi connectivity index (χ0) is 23.6. The lowest BCUT2D eigenvalue weighted by Gasteiger charge is -2.27. The average Bonchev–Trinajstić information content (AvgIpc) is 3.20. The lowest BCUT2D eigenvalue weighted by atomic mass is 9.95. The molecular weight excluding hydrogens is 464 g/mol. The number of nitrogens with zero attached hydrogens (tertiary/aromatic N) is 1. The predicted octanol–water partition coefficient (Wildman–Crippen LogP) is 3.85. The maximum atomic E-state index is 13.3. The summed E-state index contributed by atoms with van der Waals surface area (Å²) in [6.07, 6.45) is 6.39. The number of thiophene rings is 1. The third kappa shape index (κ3) is 4.72. The molecule has 33 heavy (non-hydrogen) atoms. The van der Waals surface area contributed by atoms with Crippen molar-refractivity contribution in [2.45, 2.75) is 49.8 Å². The van der Waals surface area contributed by atoms with E-state index in [1.165, 1.54) is 43.8 Å². The summed E-state index contributed by atoms with van der Waals surface area (Å²) in [4.78, 5) is 28.3. The number of likely N-dealkylation sites (tertiary alicyclic amines) is 1. The van der Waals surface area contributed by atoms with E-state index in [1.54, 1.807) is 4.90 Å². The Bertz CT molecular complexity index is 1170. The van der Waals surface area contributed by atoms with E-state index in [9.17, 15) is 18.0 Å². The van der Waals surface area contributed by atoms with Crippen molar-refractivity contribution >= 4 is 38.2 Å². The number of piperidine rings is 1. The summed E-state index contributed by atoms with van der Waals surface area (Å²) >= 11 is 1.28. The lowest BCUT2D eigenvalue weighted by Crippen LogP contribution is -2.35. The van der Waals surface area contributed by atoms with Gasteiger partial charge in [-0.05, 0) is 68.7 Å². The Balaban J connectivity index is 1.69. The minimum atomic E-state index is -4.06. The summed E-state index contributed by atoms with van der Waals surface area (Å²) in [6.45, 7) is 1.28. The van der Waals surface area contributed by atoms with E-state index >= 15 is 0 Å². The molecule has 2 heterocycles. The van der Waals surface area contributed by atoms with Gasteiger partial charge in [0.1, 0.15) is 10.8 Å². The molecule has 1 saturated heterocycles. The van der Waals surface area contributed by atoms with Crippen LogP contribution in [0.25, 0.3) is 0 Å². The number of hydrogen-bond acceptors (Lipinski definition) is 7. The number of amides is 1. The highest BCUT2D eigenvalue weighted by atomic mass is 32.2. The van der Waals surface area contributed by atoms with Crippen molar-refractivity contribution in [1.29, 1.82) is 0 Å². The second kappa shape index (κ2) is 9.72. The Morgan fingerprint density at radius 2 is 1.76 bits per heavy atom. The summed E-state index contributed by atoms with van der Waals surface area (Å²) in [5.74, 6) is -0.473. The van der Waals surface area contributed by atoms with E-state index in [4.69, 9.17) is 9.47 Å². The summed E-state index contributed by atoms with van der Waals surface area (Å²) in [7, 11) is -1.32. The van der Waals surface area contributed by atoms with E-state index in [0.717, 1.165) is 55.4 Å². The van der Waals surface area contributed by atoms with Crippen LogP contribution in [0.2, 0.25) is 0 Å². The van der Waals surface area contributed by atoms with E-state index in [0.29, 0.717) is 24.4 Å². The highest BCUT2D eigenvalue weighted by molar-refractivity contribution is 7.93. The Hall–Kier alpha value is -2.59. The standard InChI is InChI=1S/C23H28N2O6S2/c1-30-18-11-10-15(14-17(18)22(26)25-12-6-3-7-13-25)33(28,29)24-21-20(23(27)31-2)16-8-4-5-9-19(16)32-21/h10-11,14,24H,3-9,12-13H2,1-2H3. The molecule has 1 aromatic heterocycles. The highest BCUT2D eigenvalue weighted by Crippen LogP contribution is 2.39. The van der Waals surface area contributed by atoms with Crippen LogP contribution in [0.3, 0.4) is 0 Å². The van der Waals surface area contributed by atoms with Gasteiger partial charge in [-0.25, -0.2) is 13.2 Å². The van der Waals surface area contributed by atoms with Gasteiger partial charge in [0.15, 0.2) is 0 Å². The molecule has 0 atom stereocenters. The molecule has 1 aliphatic carbocycles. The van der Waals surface area contributed by atoms with E-state index in [2.05, 4.69) is 4.72 Å². The number of methoxy groups -OCH3 is 2. The third-order valence-corrected chi connectivity index (χ3v) is 8.83. The van der Waals surface area contributed by atoms with Crippen LogP contribution in [0.5, 0.6) is 5.75 Å². The molecule has 1 aliphatic heterocycles. The van der Waals surface area contributed by atoms with Crippen LogP contribution in [0.15, 0.2) is 23.1 Å².